The Hall–Kier alpha value is -0.346. The molecule has 0 aromatic heterocycles. The molecule has 4 rings (SSSR count). The number of rotatable bonds is 0. The fourth-order valence-corrected chi connectivity index (χ4v) is 18.6. The van der Waals surface area contributed by atoms with Gasteiger partial charge in [-0.15, -0.1) is 0 Å². The van der Waals surface area contributed by atoms with Crippen LogP contribution in [-0.2, 0) is 12.8 Å². The van der Waals surface area contributed by atoms with Gasteiger partial charge in [-0.05, 0) is 36.5 Å². The second-order valence-corrected chi connectivity index (χ2v) is 17.2. The quantitative estimate of drug-likeness (QED) is 0.641. The van der Waals surface area contributed by atoms with Crippen LogP contribution in [0.5, 0.6) is 0 Å². The van der Waals surface area contributed by atoms with E-state index in [0.29, 0.717) is 0 Å². The van der Waals surface area contributed by atoms with Gasteiger partial charge >= 0.3 is 0 Å². The minimum atomic E-state index is -1.09. The molecule has 2 atom stereocenters. The van der Waals surface area contributed by atoms with Gasteiger partial charge in [-0.25, -0.2) is 0 Å². The zero-order chi connectivity index (χ0) is 13.3. The lowest BCUT2D eigenvalue weighted by Gasteiger charge is -2.49. The maximum absolute atomic E-state index is 2.72. The highest BCUT2D eigenvalue weighted by molar-refractivity contribution is 7.04. The molecule has 19 heavy (non-hydrogen) atoms. The van der Waals surface area contributed by atoms with Gasteiger partial charge in [0, 0.05) is 0 Å². The van der Waals surface area contributed by atoms with E-state index in [1.807, 2.05) is 15.9 Å². The predicted molar refractivity (Wildman–Crippen MR) is 89.6 cm³/mol. The molecular formula is C17H26Si2. The molecule has 3 aliphatic heterocycles. The summed E-state index contributed by atoms with van der Waals surface area (Å²) in [5, 5.41) is 4.04. The average Bonchev–Trinajstić information content (AvgIpc) is 2.37. The van der Waals surface area contributed by atoms with Gasteiger partial charge in [0.15, 0.2) is 0 Å². The molecule has 3 aliphatic rings. The van der Waals surface area contributed by atoms with Crippen LogP contribution in [0, 0.1) is 6.92 Å². The van der Waals surface area contributed by atoms with Gasteiger partial charge < -0.3 is 0 Å². The monoisotopic (exact) mass is 286 g/mol. The molecular weight excluding hydrogens is 260 g/mol. The lowest BCUT2D eigenvalue weighted by atomic mass is 9.98. The Kier molecular flexibility index (Phi) is 2.51. The molecule has 0 saturated heterocycles. The molecule has 0 spiro atoms. The summed E-state index contributed by atoms with van der Waals surface area (Å²) in [7, 11) is -2.17. The van der Waals surface area contributed by atoms with E-state index >= 15 is 0 Å². The van der Waals surface area contributed by atoms with Crippen molar-refractivity contribution in [1.29, 1.82) is 0 Å². The summed E-state index contributed by atoms with van der Waals surface area (Å²) in [5.41, 5.74) is 5.28. The van der Waals surface area contributed by atoms with Crippen molar-refractivity contribution in [2.75, 3.05) is 0 Å². The largest absolute Gasteiger partial charge is 0.0836 e. The molecule has 0 N–H and O–H groups in total. The summed E-state index contributed by atoms with van der Waals surface area (Å²) < 4.78 is 0. The first-order valence-electron chi connectivity index (χ1n) is 8.20. The normalized spacial score (nSPS) is 35.9. The first-order valence-corrected chi connectivity index (χ1v) is 14.0. The summed E-state index contributed by atoms with van der Waals surface area (Å²) in [6.45, 7) is 7.82. The van der Waals surface area contributed by atoms with Gasteiger partial charge in [-0.1, -0.05) is 66.6 Å². The van der Waals surface area contributed by atoms with Gasteiger partial charge in [0.1, 0.15) is 0 Å². The van der Waals surface area contributed by atoms with Crippen LogP contribution in [0.15, 0.2) is 6.07 Å². The Morgan fingerprint density at radius 2 is 1.47 bits per heavy atom. The number of hydrogen-bond donors (Lipinski definition) is 0. The van der Waals surface area contributed by atoms with E-state index in [2.05, 4.69) is 26.1 Å². The Labute approximate surface area is 119 Å². The van der Waals surface area contributed by atoms with Crippen LogP contribution in [0.4, 0.5) is 0 Å². The minimum Gasteiger partial charge on any atom is -0.0652 e. The van der Waals surface area contributed by atoms with Crippen molar-refractivity contribution in [3.05, 3.63) is 22.8 Å². The number of benzene rings is 1. The summed E-state index contributed by atoms with van der Waals surface area (Å²) >= 11 is 0. The van der Waals surface area contributed by atoms with Gasteiger partial charge in [-0.2, -0.15) is 0 Å². The van der Waals surface area contributed by atoms with Crippen molar-refractivity contribution < 1.29 is 0 Å². The van der Waals surface area contributed by atoms with Gasteiger partial charge in [0.25, 0.3) is 0 Å². The SMILES string of the molecule is Cc1cc2c3c4c1CCC[Si]4(C)CC[Si]3(C)CCC2. The zero-order valence-corrected chi connectivity index (χ0v) is 14.7. The molecule has 0 amide bonds. The molecule has 1 aromatic carbocycles. The third-order valence-electron chi connectivity index (χ3n) is 6.51. The fourth-order valence-electron chi connectivity index (χ4n) is 5.43. The third-order valence-corrected chi connectivity index (χ3v) is 16.4. The van der Waals surface area contributed by atoms with E-state index in [4.69, 9.17) is 0 Å². The standard InChI is InChI=1S/C17H26Si2/c1-13-12-14-6-4-8-18(2)10-11-19(3)9-5-7-15(13)17(19)16(14)18/h12H,4-11H2,1-3H3. The van der Waals surface area contributed by atoms with E-state index in [-0.39, 0.29) is 0 Å². The van der Waals surface area contributed by atoms with Crippen molar-refractivity contribution in [3.8, 4) is 0 Å². The first kappa shape index (κ1) is 12.4. The summed E-state index contributed by atoms with van der Waals surface area (Å²) in [5.74, 6) is 0. The van der Waals surface area contributed by atoms with Gasteiger partial charge in [0.05, 0.1) is 16.1 Å². The summed E-state index contributed by atoms with van der Waals surface area (Å²) in [6, 6.07) is 9.02. The second kappa shape index (κ2) is 3.85. The van der Waals surface area contributed by atoms with Crippen molar-refractivity contribution in [1.82, 2.24) is 0 Å². The number of hydrogen-bond acceptors (Lipinski definition) is 0. The lowest BCUT2D eigenvalue weighted by Crippen LogP contribution is -2.69. The first-order chi connectivity index (χ1) is 9.04. The maximum atomic E-state index is 2.72. The lowest BCUT2D eigenvalue weighted by molar-refractivity contribution is 0.845. The average molecular weight is 287 g/mol. The van der Waals surface area contributed by atoms with Gasteiger partial charge in [-0.3, -0.25) is 0 Å². The van der Waals surface area contributed by atoms with Crippen LogP contribution in [-0.4, -0.2) is 16.1 Å². The Bertz CT molecular complexity index is 563. The molecule has 0 saturated carbocycles. The van der Waals surface area contributed by atoms with Gasteiger partial charge in [0.2, 0.25) is 0 Å². The van der Waals surface area contributed by atoms with E-state index in [0.717, 1.165) is 0 Å². The molecule has 2 unspecified atom stereocenters. The molecule has 0 aliphatic carbocycles. The number of aryl methyl sites for hydroxylation is 2. The maximum Gasteiger partial charge on any atom is 0.0836 e. The molecule has 0 bridgehead atoms. The topological polar surface area (TPSA) is 0 Å². The van der Waals surface area contributed by atoms with Crippen molar-refractivity contribution in [3.63, 3.8) is 0 Å². The van der Waals surface area contributed by atoms with Crippen LogP contribution < -0.4 is 10.4 Å². The Morgan fingerprint density at radius 3 is 2.21 bits per heavy atom. The van der Waals surface area contributed by atoms with Crippen molar-refractivity contribution in [2.24, 2.45) is 0 Å². The molecule has 0 radical (unpaired) electrons. The van der Waals surface area contributed by atoms with Crippen LogP contribution in [0.25, 0.3) is 0 Å². The van der Waals surface area contributed by atoms with Crippen molar-refractivity contribution in [2.45, 2.75) is 69.9 Å². The van der Waals surface area contributed by atoms with Crippen LogP contribution >= 0.6 is 0 Å². The highest BCUT2D eigenvalue weighted by atomic mass is 28.3. The highest BCUT2D eigenvalue weighted by Crippen LogP contribution is 2.39. The summed E-state index contributed by atoms with van der Waals surface area (Å²) in [6.07, 6.45) is 5.73. The van der Waals surface area contributed by atoms with E-state index in [1.54, 1.807) is 35.3 Å². The van der Waals surface area contributed by atoms with Crippen LogP contribution in [0.3, 0.4) is 0 Å². The second-order valence-electron chi connectivity index (χ2n) is 7.91. The highest BCUT2D eigenvalue weighted by Gasteiger charge is 2.48. The Balaban J connectivity index is 2.09. The molecule has 102 valence electrons. The Morgan fingerprint density at radius 1 is 0.842 bits per heavy atom. The third kappa shape index (κ3) is 1.56. The zero-order valence-electron chi connectivity index (χ0n) is 12.7. The summed E-state index contributed by atoms with van der Waals surface area (Å²) in [4.78, 5) is 0. The molecule has 2 heteroatoms. The molecule has 3 heterocycles. The van der Waals surface area contributed by atoms with E-state index in [9.17, 15) is 0 Å². The smallest absolute Gasteiger partial charge is 0.0652 e. The molecule has 0 nitrogen and oxygen atoms in total. The minimum absolute atomic E-state index is 1.08. The van der Waals surface area contributed by atoms with E-state index < -0.39 is 16.1 Å². The predicted octanol–water partition coefficient (Wildman–Crippen LogP) is 3.47. The fraction of sp³-hybridized carbons (Fsp3) is 0.647. The van der Waals surface area contributed by atoms with Crippen molar-refractivity contribution >= 4 is 26.5 Å². The molecule has 1 aromatic rings. The van der Waals surface area contributed by atoms with Crippen LogP contribution in [0.2, 0.25) is 37.3 Å². The van der Waals surface area contributed by atoms with E-state index in [1.165, 1.54) is 25.7 Å². The van der Waals surface area contributed by atoms with Crippen LogP contribution in [0.1, 0.15) is 29.5 Å². The molecule has 0 fully saturated rings.